The van der Waals surface area contributed by atoms with Crippen LogP contribution in [0.15, 0.2) is 72.8 Å². The highest BCUT2D eigenvalue weighted by Gasteiger charge is 2.35. The molecule has 0 aliphatic carbocycles. The molecule has 1 heterocycles. The van der Waals surface area contributed by atoms with E-state index in [9.17, 15) is 22.8 Å². The van der Waals surface area contributed by atoms with Crippen molar-refractivity contribution in [2.75, 3.05) is 11.9 Å². The van der Waals surface area contributed by atoms with Crippen LogP contribution in [0.2, 0.25) is 0 Å². The summed E-state index contributed by atoms with van der Waals surface area (Å²) >= 11 is 0. The third kappa shape index (κ3) is 4.45. The van der Waals surface area contributed by atoms with Gasteiger partial charge in [0.05, 0.1) is 11.1 Å². The van der Waals surface area contributed by atoms with Gasteiger partial charge in [-0.2, -0.15) is 13.2 Å². The van der Waals surface area contributed by atoms with Crippen molar-refractivity contribution < 1.29 is 22.8 Å². The Morgan fingerprint density at radius 3 is 2.32 bits per heavy atom. The van der Waals surface area contributed by atoms with Gasteiger partial charge in [0.2, 0.25) is 0 Å². The van der Waals surface area contributed by atoms with Crippen LogP contribution >= 0.6 is 0 Å². The van der Waals surface area contributed by atoms with Crippen molar-refractivity contribution in [2.24, 2.45) is 0 Å². The fourth-order valence-electron chi connectivity index (χ4n) is 3.70. The molecule has 0 bridgehead atoms. The van der Waals surface area contributed by atoms with E-state index in [0.717, 1.165) is 23.3 Å². The zero-order chi connectivity index (χ0) is 22.0. The van der Waals surface area contributed by atoms with Gasteiger partial charge in [0.15, 0.2) is 0 Å². The number of carbonyl (C=O) groups excluding carboxylic acids is 2. The number of hydrogen-bond acceptors (Lipinski definition) is 2. The number of nitrogens with zero attached hydrogens (tertiary/aromatic N) is 1. The van der Waals surface area contributed by atoms with Crippen molar-refractivity contribution in [1.29, 1.82) is 0 Å². The lowest BCUT2D eigenvalue weighted by atomic mass is 9.98. The van der Waals surface area contributed by atoms with Crippen LogP contribution in [0.5, 0.6) is 0 Å². The standard InChI is InChI=1S/C24H19F3N2O2/c25-24(26,27)21-9-5-4-8-20(21)22(30)28-19-11-10-16-12-13-29(15-18(16)14-19)23(31)17-6-2-1-3-7-17/h1-11,14H,12-13,15H2,(H,28,30). The minimum Gasteiger partial charge on any atom is -0.334 e. The van der Waals surface area contributed by atoms with E-state index in [-0.39, 0.29) is 5.91 Å². The zero-order valence-electron chi connectivity index (χ0n) is 16.4. The summed E-state index contributed by atoms with van der Waals surface area (Å²) in [6.07, 6.45) is -3.96. The van der Waals surface area contributed by atoms with Crippen molar-refractivity contribution >= 4 is 17.5 Å². The van der Waals surface area contributed by atoms with Crippen LogP contribution in [0.4, 0.5) is 18.9 Å². The minimum absolute atomic E-state index is 0.0835. The van der Waals surface area contributed by atoms with Crippen molar-refractivity contribution in [3.8, 4) is 0 Å². The average molecular weight is 424 g/mol. The first-order valence-electron chi connectivity index (χ1n) is 9.76. The largest absolute Gasteiger partial charge is 0.417 e. The quantitative estimate of drug-likeness (QED) is 0.632. The van der Waals surface area contributed by atoms with Gasteiger partial charge in [0.25, 0.3) is 11.8 Å². The van der Waals surface area contributed by atoms with Crippen molar-refractivity contribution in [3.63, 3.8) is 0 Å². The molecule has 1 N–H and O–H groups in total. The lowest BCUT2D eigenvalue weighted by molar-refractivity contribution is -0.137. The van der Waals surface area contributed by atoms with Gasteiger partial charge < -0.3 is 10.2 Å². The zero-order valence-corrected chi connectivity index (χ0v) is 16.4. The molecule has 1 aliphatic rings. The molecule has 0 fully saturated rings. The first-order valence-corrected chi connectivity index (χ1v) is 9.76. The molecule has 0 atom stereocenters. The molecule has 0 aromatic heterocycles. The first kappa shape index (κ1) is 20.7. The van der Waals surface area contributed by atoms with Gasteiger partial charge in [-0.3, -0.25) is 9.59 Å². The van der Waals surface area contributed by atoms with Crippen LogP contribution in [0.1, 0.15) is 37.4 Å². The average Bonchev–Trinajstić information content (AvgIpc) is 2.78. The first-order chi connectivity index (χ1) is 14.8. The maximum Gasteiger partial charge on any atom is 0.417 e. The molecule has 0 unspecified atom stereocenters. The summed E-state index contributed by atoms with van der Waals surface area (Å²) < 4.78 is 39.6. The normalized spacial score (nSPS) is 13.5. The summed E-state index contributed by atoms with van der Waals surface area (Å²) in [5, 5.41) is 2.55. The molecule has 0 saturated heterocycles. The Balaban J connectivity index is 1.53. The summed E-state index contributed by atoms with van der Waals surface area (Å²) in [6.45, 7) is 0.942. The molecule has 0 radical (unpaired) electrons. The predicted molar refractivity (Wildman–Crippen MR) is 111 cm³/mol. The third-order valence-electron chi connectivity index (χ3n) is 5.26. The highest BCUT2D eigenvalue weighted by molar-refractivity contribution is 6.05. The number of fused-ring (bicyclic) bond motifs is 1. The number of nitrogens with one attached hydrogen (secondary N) is 1. The Hall–Kier alpha value is -3.61. The van der Waals surface area contributed by atoms with E-state index in [2.05, 4.69) is 5.32 Å². The van der Waals surface area contributed by atoms with Crippen LogP contribution in [0.3, 0.4) is 0 Å². The van der Waals surface area contributed by atoms with Crippen LogP contribution in [0.25, 0.3) is 0 Å². The number of rotatable bonds is 3. The Kier molecular flexibility index (Phi) is 5.50. The maximum absolute atomic E-state index is 13.2. The van der Waals surface area contributed by atoms with E-state index in [1.807, 2.05) is 12.1 Å². The second-order valence-corrected chi connectivity index (χ2v) is 7.32. The Morgan fingerprint density at radius 1 is 0.871 bits per heavy atom. The molecule has 2 amide bonds. The van der Waals surface area contributed by atoms with Gasteiger partial charge in [-0.15, -0.1) is 0 Å². The predicted octanol–water partition coefficient (Wildman–Crippen LogP) is 5.16. The van der Waals surface area contributed by atoms with Crippen LogP contribution in [-0.4, -0.2) is 23.3 Å². The van der Waals surface area contributed by atoms with E-state index >= 15 is 0 Å². The molecule has 158 valence electrons. The summed E-state index contributed by atoms with van der Waals surface area (Å²) in [4.78, 5) is 27.0. The van der Waals surface area contributed by atoms with Gasteiger partial charge >= 0.3 is 6.18 Å². The van der Waals surface area contributed by atoms with Crippen LogP contribution in [0, 0.1) is 0 Å². The molecule has 0 spiro atoms. The maximum atomic E-state index is 13.2. The summed E-state index contributed by atoms with van der Waals surface area (Å²) in [5.74, 6) is -0.916. The lowest BCUT2D eigenvalue weighted by Gasteiger charge is -2.29. The van der Waals surface area contributed by atoms with E-state index in [1.165, 1.54) is 12.1 Å². The number of benzene rings is 3. The Labute approximate surface area is 177 Å². The molecule has 7 heteroatoms. The van der Waals surface area contributed by atoms with Crippen LogP contribution < -0.4 is 5.32 Å². The number of halogens is 3. The van der Waals surface area contributed by atoms with E-state index < -0.39 is 23.2 Å². The number of carbonyl (C=O) groups is 2. The molecular weight excluding hydrogens is 405 g/mol. The van der Waals surface area contributed by atoms with E-state index in [4.69, 9.17) is 0 Å². The smallest absolute Gasteiger partial charge is 0.334 e. The molecule has 1 aliphatic heterocycles. The fourth-order valence-corrected chi connectivity index (χ4v) is 3.70. The lowest BCUT2D eigenvalue weighted by Crippen LogP contribution is -2.36. The second-order valence-electron chi connectivity index (χ2n) is 7.32. The van der Waals surface area contributed by atoms with Gasteiger partial charge in [0.1, 0.15) is 0 Å². The molecule has 31 heavy (non-hydrogen) atoms. The van der Waals surface area contributed by atoms with Gasteiger partial charge in [-0.05, 0) is 53.9 Å². The van der Waals surface area contributed by atoms with Crippen LogP contribution in [-0.2, 0) is 19.1 Å². The number of alkyl halides is 3. The second kappa shape index (κ2) is 8.26. The summed E-state index contributed by atoms with van der Waals surface area (Å²) in [7, 11) is 0. The summed E-state index contributed by atoms with van der Waals surface area (Å²) in [6, 6.07) is 18.9. The van der Waals surface area contributed by atoms with Gasteiger partial charge in [0, 0.05) is 24.3 Å². The van der Waals surface area contributed by atoms with E-state index in [1.54, 1.807) is 41.3 Å². The fraction of sp³-hybridized carbons (Fsp3) is 0.167. The van der Waals surface area contributed by atoms with Crippen molar-refractivity contribution in [1.82, 2.24) is 4.90 Å². The highest BCUT2D eigenvalue weighted by Crippen LogP contribution is 2.32. The number of hydrogen-bond donors (Lipinski definition) is 1. The van der Waals surface area contributed by atoms with Gasteiger partial charge in [-0.25, -0.2) is 0 Å². The molecule has 4 rings (SSSR count). The van der Waals surface area contributed by atoms with Gasteiger partial charge in [-0.1, -0.05) is 36.4 Å². The molecule has 4 nitrogen and oxygen atoms in total. The topological polar surface area (TPSA) is 49.4 Å². The minimum atomic E-state index is -4.62. The monoisotopic (exact) mass is 424 g/mol. The molecular formula is C24H19F3N2O2. The summed E-state index contributed by atoms with van der Waals surface area (Å²) in [5.41, 5.74) is 1.47. The number of anilines is 1. The molecule has 3 aromatic rings. The molecule has 0 saturated carbocycles. The van der Waals surface area contributed by atoms with Crippen molar-refractivity contribution in [2.45, 2.75) is 19.1 Å². The third-order valence-corrected chi connectivity index (χ3v) is 5.26. The van der Waals surface area contributed by atoms with Crippen molar-refractivity contribution in [3.05, 3.63) is 101 Å². The Morgan fingerprint density at radius 2 is 1.58 bits per heavy atom. The molecule has 3 aromatic carbocycles. The Bertz CT molecular complexity index is 1130. The van der Waals surface area contributed by atoms with E-state index in [0.29, 0.717) is 30.8 Å². The highest BCUT2D eigenvalue weighted by atomic mass is 19.4. The SMILES string of the molecule is O=C(Nc1ccc2c(c1)CN(C(=O)c1ccccc1)CC2)c1ccccc1C(F)(F)F. The number of amides is 2.